The summed E-state index contributed by atoms with van der Waals surface area (Å²) in [6.07, 6.45) is -3.75. The molecule has 0 amide bonds. The highest BCUT2D eigenvalue weighted by atomic mass is 32.2. The Labute approximate surface area is 126 Å². The summed E-state index contributed by atoms with van der Waals surface area (Å²) < 4.78 is 128. The lowest BCUT2D eigenvalue weighted by atomic mass is 10.1. The van der Waals surface area contributed by atoms with Gasteiger partial charge in [-0.3, -0.25) is 0 Å². The molecule has 0 aliphatic heterocycles. The van der Waals surface area contributed by atoms with Crippen molar-refractivity contribution in [2.75, 3.05) is 25.5 Å². The molecule has 0 saturated carbocycles. The maximum atomic E-state index is 12.1. The molecule has 0 aromatic heterocycles. The molecule has 0 bridgehead atoms. The molecule has 0 spiro atoms. The summed E-state index contributed by atoms with van der Waals surface area (Å²) in [5.74, 6) is -1.52. The van der Waals surface area contributed by atoms with Gasteiger partial charge in [0.1, 0.15) is 9.84 Å². The van der Waals surface area contributed by atoms with Crippen LogP contribution in [0.1, 0.15) is 36.3 Å². The number of hydrogen-bond acceptors (Lipinski definition) is 5. The maximum Gasteiger partial charge on any atom is 0.161 e. The van der Waals surface area contributed by atoms with Crippen molar-refractivity contribution in [3.8, 4) is 11.5 Å². The molecule has 6 heteroatoms. The molecule has 102 valence electrons. The van der Waals surface area contributed by atoms with E-state index >= 15 is 0 Å². The maximum absolute atomic E-state index is 12.1. The lowest BCUT2D eigenvalue weighted by molar-refractivity contribution is 0.310. The minimum atomic E-state index is -5.45. The first-order valence-electron chi connectivity index (χ1n) is 11.0. The molecule has 0 aliphatic carbocycles. The van der Waals surface area contributed by atoms with Gasteiger partial charge in [-0.25, -0.2) is 8.42 Å². The predicted molar refractivity (Wildman–Crippen MR) is 70.8 cm³/mol. The van der Waals surface area contributed by atoms with Gasteiger partial charge in [0.2, 0.25) is 0 Å². The fraction of sp³-hybridized carbons (Fsp3) is 0.500. The van der Waals surface area contributed by atoms with Crippen LogP contribution in [0.5, 0.6) is 11.5 Å². The first kappa shape index (κ1) is 4.68. The minimum absolute atomic E-state index is 0.466. The van der Waals surface area contributed by atoms with E-state index in [-0.39, 0.29) is 0 Å². The van der Waals surface area contributed by atoms with E-state index in [2.05, 4.69) is 4.74 Å². The molecule has 0 aliphatic rings. The standard InChI is InChI=1S/C12H19NO4S/c1-4-17-12-7-9(5-6-11(12)16-2)10(13)8-18(3,14)15/h5-7,10H,4,8,13H2,1-3H3/i1D3,2D3,3D3,4D2,8D2. The second kappa shape index (κ2) is 6.06. The van der Waals surface area contributed by atoms with Crippen LogP contribution in [0.3, 0.4) is 0 Å². The molecule has 2 N–H and O–H groups in total. The van der Waals surface area contributed by atoms with Crippen LogP contribution in [-0.4, -0.2) is 33.9 Å². The molecular weight excluding hydrogens is 254 g/mol. The van der Waals surface area contributed by atoms with E-state index in [9.17, 15) is 8.42 Å². The predicted octanol–water partition coefficient (Wildman–Crippen LogP) is 1.14. The van der Waals surface area contributed by atoms with Gasteiger partial charge < -0.3 is 15.2 Å². The summed E-state index contributed by atoms with van der Waals surface area (Å²) in [6, 6.07) is 0.212. The number of methoxy groups -OCH3 is 1. The van der Waals surface area contributed by atoms with Crippen LogP contribution >= 0.6 is 0 Å². The summed E-state index contributed by atoms with van der Waals surface area (Å²) in [5.41, 5.74) is 1.62. The summed E-state index contributed by atoms with van der Waals surface area (Å²) in [7, 11) is -8.53. The highest BCUT2D eigenvalue weighted by Gasteiger charge is 2.15. The van der Waals surface area contributed by atoms with Gasteiger partial charge >= 0.3 is 0 Å². The Bertz CT molecular complexity index is 905. The second-order valence-corrected chi connectivity index (χ2v) is 4.35. The van der Waals surface area contributed by atoms with Crippen molar-refractivity contribution in [2.24, 2.45) is 5.73 Å². The van der Waals surface area contributed by atoms with Crippen LogP contribution in [0.4, 0.5) is 0 Å². The van der Waals surface area contributed by atoms with Crippen LogP contribution in [0, 0.1) is 0 Å². The van der Waals surface area contributed by atoms with Crippen molar-refractivity contribution >= 4 is 9.84 Å². The molecule has 0 saturated heterocycles. The number of hydrogen-bond donors (Lipinski definition) is 1. The smallest absolute Gasteiger partial charge is 0.161 e. The quantitative estimate of drug-likeness (QED) is 0.848. The van der Waals surface area contributed by atoms with Gasteiger partial charge in [0.15, 0.2) is 11.5 Å². The van der Waals surface area contributed by atoms with Gasteiger partial charge in [-0.2, -0.15) is 0 Å². The molecular formula is C12H19NO4S. The van der Waals surface area contributed by atoms with Gasteiger partial charge in [-0.05, 0) is 24.5 Å². The lowest BCUT2D eigenvalue weighted by Gasteiger charge is -2.15. The van der Waals surface area contributed by atoms with E-state index < -0.39 is 65.3 Å². The van der Waals surface area contributed by atoms with Crippen molar-refractivity contribution < 1.29 is 35.7 Å². The summed E-state index contributed by atoms with van der Waals surface area (Å²) in [6.45, 7) is -6.71. The zero-order valence-corrected chi connectivity index (χ0v) is 9.74. The van der Waals surface area contributed by atoms with Crippen LogP contribution in [-0.2, 0) is 9.84 Å². The Hall–Kier alpha value is -1.27. The Balaban J connectivity index is 3.58. The average Bonchev–Trinajstić information content (AvgIpc) is 2.51. The zero-order valence-electron chi connectivity index (χ0n) is 21.9. The Morgan fingerprint density at radius 1 is 1.50 bits per heavy atom. The average molecular weight is 286 g/mol. The fourth-order valence-electron chi connectivity index (χ4n) is 1.17. The molecule has 1 atom stereocenters. The van der Waals surface area contributed by atoms with Crippen LogP contribution in [0.25, 0.3) is 0 Å². The van der Waals surface area contributed by atoms with E-state index in [0.717, 1.165) is 12.1 Å². The third kappa shape index (κ3) is 4.19. The molecule has 1 unspecified atom stereocenters. The Kier molecular flexibility index (Phi) is 1.58. The first-order valence-corrected chi connectivity index (χ1v) is 5.94. The summed E-state index contributed by atoms with van der Waals surface area (Å²) >= 11 is 0. The van der Waals surface area contributed by atoms with Crippen LogP contribution < -0.4 is 15.2 Å². The topological polar surface area (TPSA) is 78.6 Å². The third-order valence-corrected chi connectivity index (χ3v) is 2.44. The largest absolute Gasteiger partial charge is 0.493 e. The van der Waals surface area contributed by atoms with E-state index in [1.54, 1.807) is 0 Å². The lowest BCUT2D eigenvalue weighted by Crippen LogP contribution is -2.20. The second-order valence-electron chi connectivity index (χ2n) is 3.11. The van der Waals surface area contributed by atoms with Crippen LogP contribution in [0.15, 0.2) is 18.2 Å². The molecule has 0 fully saturated rings. The minimum Gasteiger partial charge on any atom is -0.493 e. The van der Waals surface area contributed by atoms with Gasteiger partial charge in [0.25, 0.3) is 0 Å². The van der Waals surface area contributed by atoms with Crippen molar-refractivity contribution in [1.82, 2.24) is 0 Å². The number of ether oxygens (including phenoxy) is 2. The van der Waals surface area contributed by atoms with Crippen molar-refractivity contribution in [1.29, 1.82) is 0 Å². The number of benzene rings is 1. The monoisotopic (exact) mass is 286 g/mol. The number of nitrogens with two attached hydrogens (primary N) is 1. The van der Waals surface area contributed by atoms with Gasteiger partial charge in [-0.1, -0.05) is 6.07 Å². The van der Waals surface area contributed by atoms with Gasteiger partial charge in [0.05, 0.1) is 26.2 Å². The van der Waals surface area contributed by atoms with Crippen molar-refractivity contribution in [3.63, 3.8) is 0 Å². The summed E-state index contributed by atoms with van der Waals surface area (Å²) in [5, 5.41) is 0. The number of sulfone groups is 1. The molecule has 5 nitrogen and oxygen atoms in total. The fourth-order valence-corrected chi connectivity index (χ4v) is 1.64. The normalized spacial score (nSPS) is 27.5. The first-order chi connectivity index (χ1) is 13.4. The molecule has 1 aromatic carbocycles. The molecule has 1 aromatic rings. The molecule has 1 rings (SSSR count). The highest BCUT2D eigenvalue weighted by Crippen LogP contribution is 2.30. The van der Waals surface area contributed by atoms with E-state index in [0.29, 0.717) is 6.07 Å². The van der Waals surface area contributed by atoms with Gasteiger partial charge in [0, 0.05) is 23.2 Å². The third-order valence-electron chi connectivity index (χ3n) is 1.88. The van der Waals surface area contributed by atoms with Crippen molar-refractivity contribution in [2.45, 2.75) is 12.9 Å². The van der Waals surface area contributed by atoms with Crippen LogP contribution in [0.2, 0.25) is 0 Å². The zero-order chi connectivity index (χ0) is 24.8. The molecule has 0 heterocycles. The SMILES string of the molecule is [2H]C([2H])([2H])Oc1ccc(C(N)C([2H])([2H])S(=O)(=O)C([2H])([2H])[2H])cc1OC([2H])([2H])C([2H])([2H])[2H]. The summed E-state index contributed by atoms with van der Waals surface area (Å²) in [4.78, 5) is 0. The number of rotatable bonds is 6. The van der Waals surface area contributed by atoms with Crippen molar-refractivity contribution in [3.05, 3.63) is 23.8 Å². The van der Waals surface area contributed by atoms with Gasteiger partial charge in [-0.15, -0.1) is 0 Å². The Morgan fingerprint density at radius 2 is 2.33 bits per heavy atom. The van der Waals surface area contributed by atoms with E-state index in [4.69, 9.17) is 28.3 Å². The molecule has 0 radical (unpaired) electrons. The molecule has 18 heavy (non-hydrogen) atoms. The van der Waals surface area contributed by atoms with E-state index in [1.165, 1.54) is 0 Å². The van der Waals surface area contributed by atoms with E-state index in [1.807, 2.05) is 0 Å². The Morgan fingerprint density at radius 3 is 3.00 bits per heavy atom. The highest BCUT2D eigenvalue weighted by molar-refractivity contribution is 7.90.